The van der Waals surface area contributed by atoms with E-state index >= 15 is 0 Å². The third kappa shape index (κ3) is 3.50. The smallest absolute Gasteiger partial charge is 0.233 e. The van der Waals surface area contributed by atoms with E-state index in [1.165, 1.54) is 5.56 Å². The van der Waals surface area contributed by atoms with E-state index in [-0.39, 0.29) is 5.91 Å². The molecule has 0 bridgehead atoms. The first-order valence-electron chi connectivity index (χ1n) is 9.73. The van der Waals surface area contributed by atoms with Crippen molar-refractivity contribution in [3.05, 3.63) is 52.3 Å². The van der Waals surface area contributed by atoms with Crippen LogP contribution in [-0.2, 0) is 14.9 Å². The standard InChI is InChI=1S/C21H26ClN3O2/c1-15-19(14-23-24-15)16-6-10-25(11-7-16)20(26)21(8-12-27-13-9-21)17-2-4-18(22)5-3-17/h2-5,14,16H,6-13H2,1H3,(H,23,24). The second-order valence-corrected chi connectivity index (χ2v) is 8.15. The maximum atomic E-state index is 13.6. The molecule has 0 saturated carbocycles. The lowest BCUT2D eigenvalue weighted by molar-refractivity contribution is -0.142. The van der Waals surface area contributed by atoms with Crippen LogP contribution >= 0.6 is 11.6 Å². The van der Waals surface area contributed by atoms with Crippen LogP contribution < -0.4 is 0 Å². The van der Waals surface area contributed by atoms with E-state index in [2.05, 4.69) is 22.0 Å². The van der Waals surface area contributed by atoms with Crippen molar-refractivity contribution in [1.82, 2.24) is 15.1 Å². The minimum absolute atomic E-state index is 0.246. The van der Waals surface area contributed by atoms with Gasteiger partial charge in [-0.1, -0.05) is 23.7 Å². The molecule has 4 rings (SSSR count). The summed E-state index contributed by atoms with van der Waals surface area (Å²) in [7, 11) is 0. The van der Waals surface area contributed by atoms with Gasteiger partial charge in [-0.05, 0) is 61.8 Å². The second-order valence-electron chi connectivity index (χ2n) is 7.72. The number of ether oxygens (including phenoxy) is 1. The molecule has 2 aliphatic heterocycles. The molecule has 6 heteroatoms. The number of rotatable bonds is 3. The van der Waals surface area contributed by atoms with Gasteiger partial charge in [0.25, 0.3) is 0 Å². The Kier molecular flexibility index (Phi) is 5.24. The summed E-state index contributed by atoms with van der Waals surface area (Å²) in [6.07, 6.45) is 5.37. The molecule has 0 unspecified atom stereocenters. The van der Waals surface area contributed by atoms with Gasteiger partial charge in [0.15, 0.2) is 0 Å². The van der Waals surface area contributed by atoms with Gasteiger partial charge in [-0.25, -0.2) is 0 Å². The van der Waals surface area contributed by atoms with Crippen molar-refractivity contribution < 1.29 is 9.53 Å². The van der Waals surface area contributed by atoms with Gasteiger partial charge >= 0.3 is 0 Å². The highest BCUT2D eigenvalue weighted by Crippen LogP contribution is 2.39. The normalized spacial score (nSPS) is 20.6. The Morgan fingerprint density at radius 1 is 1.22 bits per heavy atom. The summed E-state index contributed by atoms with van der Waals surface area (Å²) >= 11 is 6.07. The molecular weight excluding hydrogens is 362 g/mol. The molecule has 3 heterocycles. The number of halogens is 1. The maximum Gasteiger partial charge on any atom is 0.233 e. The van der Waals surface area contributed by atoms with Crippen molar-refractivity contribution in [1.29, 1.82) is 0 Å². The highest BCUT2D eigenvalue weighted by molar-refractivity contribution is 6.30. The third-order valence-corrected chi connectivity index (χ3v) is 6.50. The van der Waals surface area contributed by atoms with Crippen molar-refractivity contribution >= 4 is 17.5 Å². The Balaban J connectivity index is 1.53. The summed E-state index contributed by atoms with van der Waals surface area (Å²) in [4.78, 5) is 15.7. The fourth-order valence-electron chi connectivity index (χ4n) is 4.58. The molecule has 0 atom stereocenters. The van der Waals surface area contributed by atoms with Crippen LogP contribution in [0, 0.1) is 6.92 Å². The molecule has 0 radical (unpaired) electrons. The highest BCUT2D eigenvalue weighted by atomic mass is 35.5. The Morgan fingerprint density at radius 3 is 2.48 bits per heavy atom. The number of H-pyrrole nitrogens is 1. The van der Waals surface area contributed by atoms with E-state index in [1.54, 1.807) is 0 Å². The fourth-order valence-corrected chi connectivity index (χ4v) is 4.71. The van der Waals surface area contributed by atoms with Gasteiger partial charge in [-0.15, -0.1) is 0 Å². The van der Waals surface area contributed by atoms with Crippen molar-refractivity contribution in [2.24, 2.45) is 0 Å². The first-order chi connectivity index (χ1) is 13.1. The molecule has 5 nitrogen and oxygen atoms in total. The van der Waals surface area contributed by atoms with E-state index in [0.29, 0.717) is 24.2 Å². The number of aryl methyl sites for hydroxylation is 1. The average molecular weight is 388 g/mol. The summed E-state index contributed by atoms with van der Waals surface area (Å²) in [6.45, 7) is 4.91. The minimum atomic E-state index is -0.485. The molecule has 27 heavy (non-hydrogen) atoms. The average Bonchev–Trinajstić information content (AvgIpc) is 3.14. The van der Waals surface area contributed by atoms with Gasteiger partial charge < -0.3 is 9.64 Å². The van der Waals surface area contributed by atoms with Crippen LogP contribution in [0.3, 0.4) is 0 Å². The molecule has 2 saturated heterocycles. The van der Waals surface area contributed by atoms with E-state index in [1.807, 2.05) is 30.5 Å². The molecule has 2 fully saturated rings. The predicted molar refractivity (Wildman–Crippen MR) is 105 cm³/mol. The fraction of sp³-hybridized carbons (Fsp3) is 0.524. The largest absolute Gasteiger partial charge is 0.381 e. The Bertz CT molecular complexity index is 788. The number of aromatic amines is 1. The maximum absolute atomic E-state index is 13.6. The first-order valence-corrected chi connectivity index (χ1v) is 10.1. The Morgan fingerprint density at radius 2 is 1.89 bits per heavy atom. The lowest BCUT2D eigenvalue weighted by Gasteiger charge is -2.42. The van der Waals surface area contributed by atoms with Gasteiger partial charge in [0.2, 0.25) is 5.91 Å². The molecular formula is C21H26ClN3O2. The first kappa shape index (κ1) is 18.5. The summed E-state index contributed by atoms with van der Waals surface area (Å²) in [5.41, 5.74) is 3.01. The Hall–Kier alpha value is -1.85. The third-order valence-electron chi connectivity index (χ3n) is 6.24. The molecule has 0 aliphatic carbocycles. The number of likely N-dealkylation sites (tertiary alicyclic amines) is 1. The van der Waals surface area contributed by atoms with Crippen LogP contribution in [0.2, 0.25) is 5.02 Å². The quantitative estimate of drug-likeness (QED) is 0.870. The summed E-state index contributed by atoms with van der Waals surface area (Å²) in [5.74, 6) is 0.726. The van der Waals surface area contributed by atoms with Crippen LogP contribution in [0.1, 0.15) is 48.4 Å². The number of hydrogen-bond acceptors (Lipinski definition) is 3. The van der Waals surface area contributed by atoms with Gasteiger partial charge in [0.1, 0.15) is 0 Å². The molecule has 1 N–H and O–H groups in total. The van der Waals surface area contributed by atoms with Gasteiger partial charge in [-0.3, -0.25) is 9.89 Å². The monoisotopic (exact) mass is 387 g/mol. The van der Waals surface area contributed by atoms with Crippen LogP contribution in [-0.4, -0.2) is 47.3 Å². The number of nitrogens with zero attached hydrogens (tertiary/aromatic N) is 2. The number of aromatic nitrogens is 2. The van der Waals surface area contributed by atoms with Crippen molar-refractivity contribution in [3.63, 3.8) is 0 Å². The molecule has 144 valence electrons. The number of benzene rings is 1. The van der Waals surface area contributed by atoms with Gasteiger partial charge in [0, 0.05) is 37.0 Å². The van der Waals surface area contributed by atoms with Gasteiger partial charge in [0.05, 0.1) is 11.6 Å². The summed E-state index contributed by atoms with van der Waals surface area (Å²) in [6, 6.07) is 7.78. The zero-order chi connectivity index (χ0) is 18.9. The van der Waals surface area contributed by atoms with Crippen molar-refractivity contribution in [2.45, 2.75) is 43.9 Å². The lowest BCUT2D eigenvalue weighted by atomic mass is 9.72. The highest BCUT2D eigenvalue weighted by Gasteiger charge is 2.44. The predicted octanol–water partition coefficient (Wildman–Crippen LogP) is 3.83. The van der Waals surface area contributed by atoms with Crippen LogP contribution in [0.4, 0.5) is 0 Å². The van der Waals surface area contributed by atoms with E-state index < -0.39 is 5.41 Å². The summed E-state index contributed by atoms with van der Waals surface area (Å²) < 4.78 is 5.58. The second kappa shape index (κ2) is 7.64. The van der Waals surface area contributed by atoms with Crippen LogP contribution in [0.5, 0.6) is 0 Å². The molecule has 0 spiro atoms. The van der Waals surface area contributed by atoms with Gasteiger partial charge in [-0.2, -0.15) is 5.10 Å². The molecule has 2 aromatic rings. The zero-order valence-electron chi connectivity index (χ0n) is 15.7. The molecule has 2 aliphatic rings. The Labute approximate surface area is 165 Å². The van der Waals surface area contributed by atoms with Crippen LogP contribution in [0.15, 0.2) is 30.5 Å². The number of carbonyl (C=O) groups is 1. The molecule has 1 aromatic carbocycles. The topological polar surface area (TPSA) is 58.2 Å². The van der Waals surface area contributed by atoms with E-state index in [4.69, 9.17) is 16.3 Å². The number of hydrogen-bond donors (Lipinski definition) is 1. The number of nitrogens with one attached hydrogen (secondary N) is 1. The number of carbonyl (C=O) groups excluding carboxylic acids is 1. The molecule has 1 amide bonds. The van der Waals surface area contributed by atoms with Crippen LogP contribution in [0.25, 0.3) is 0 Å². The SMILES string of the molecule is Cc1[nH]ncc1C1CCN(C(=O)C2(c3ccc(Cl)cc3)CCOCC2)CC1. The minimum Gasteiger partial charge on any atom is -0.381 e. The number of amides is 1. The zero-order valence-corrected chi connectivity index (χ0v) is 16.5. The number of piperidine rings is 1. The van der Waals surface area contributed by atoms with E-state index in [9.17, 15) is 4.79 Å². The van der Waals surface area contributed by atoms with Crippen molar-refractivity contribution in [3.8, 4) is 0 Å². The molecule has 1 aromatic heterocycles. The lowest BCUT2D eigenvalue weighted by Crippen LogP contribution is -2.51. The summed E-state index contributed by atoms with van der Waals surface area (Å²) in [5, 5.41) is 7.88. The van der Waals surface area contributed by atoms with E-state index in [0.717, 1.165) is 50.0 Å². The van der Waals surface area contributed by atoms with Crippen molar-refractivity contribution in [2.75, 3.05) is 26.3 Å².